The summed E-state index contributed by atoms with van der Waals surface area (Å²) in [6, 6.07) is 20.1. The molecule has 0 radical (unpaired) electrons. The van der Waals surface area contributed by atoms with Gasteiger partial charge in [0, 0.05) is 10.6 Å². The van der Waals surface area contributed by atoms with Crippen LogP contribution < -0.4 is 15.7 Å². The topological polar surface area (TPSA) is 55.4 Å². The average Bonchev–Trinajstić information content (AvgIpc) is 2.78. The maximum absolute atomic E-state index is 14.2. The van der Waals surface area contributed by atoms with E-state index in [0.29, 0.717) is 10.6 Å². The second-order valence-electron chi connectivity index (χ2n) is 6.71. The molecule has 0 aliphatic rings. The molecule has 162 valence electrons. The van der Waals surface area contributed by atoms with E-state index in [-0.39, 0.29) is 12.2 Å². The van der Waals surface area contributed by atoms with Crippen molar-refractivity contribution in [3.05, 3.63) is 96.1 Å². The maximum Gasteiger partial charge on any atom is 0.416 e. The molecule has 0 saturated carbocycles. The SMILES string of the molecule is CCOC(=O)[C@H](NP(=O)(c1ccccc1)c1ccccc1)c1ccc(C(F)(F)F)cc1. The highest BCUT2D eigenvalue weighted by Gasteiger charge is 2.35. The summed E-state index contributed by atoms with van der Waals surface area (Å²) in [4.78, 5) is 12.7. The molecule has 0 aliphatic heterocycles. The Morgan fingerprint density at radius 3 is 1.81 bits per heavy atom. The Labute approximate surface area is 178 Å². The van der Waals surface area contributed by atoms with E-state index in [4.69, 9.17) is 4.74 Å². The Kier molecular flexibility index (Phi) is 6.98. The van der Waals surface area contributed by atoms with Gasteiger partial charge in [0.2, 0.25) is 7.29 Å². The predicted octanol–water partition coefficient (Wildman–Crippen LogP) is 4.83. The number of nitrogens with one attached hydrogen (secondary N) is 1. The minimum atomic E-state index is -4.51. The lowest BCUT2D eigenvalue weighted by Gasteiger charge is -2.26. The van der Waals surface area contributed by atoms with Crippen molar-refractivity contribution in [2.24, 2.45) is 0 Å². The highest BCUT2D eigenvalue weighted by atomic mass is 31.2. The molecule has 1 N–H and O–H groups in total. The summed E-state index contributed by atoms with van der Waals surface area (Å²) >= 11 is 0. The van der Waals surface area contributed by atoms with Crippen LogP contribution in [0.2, 0.25) is 0 Å². The van der Waals surface area contributed by atoms with Crippen molar-refractivity contribution in [2.75, 3.05) is 6.61 Å². The Morgan fingerprint density at radius 1 is 0.903 bits per heavy atom. The molecule has 31 heavy (non-hydrogen) atoms. The van der Waals surface area contributed by atoms with Crippen LogP contribution in [0.25, 0.3) is 0 Å². The Bertz CT molecular complexity index is 1010. The van der Waals surface area contributed by atoms with E-state index in [1.807, 2.05) is 0 Å². The van der Waals surface area contributed by atoms with Crippen molar-refractivity contribution in [1.82, 2.24) is 5.09 Å². The molecule has 0 heterocycles. The third-order valence-electron chi connectivity index (χ3n) is 4.64. The first kappa shape index (κ1) is 22.8. The van der Waals surface area contributed by atoms with Crippen LogP contribution in [-0.2, 0) is 20.3 Å². The number of hydrogen-bond acceptors (Lipinski definition) is 3. The normalized spacial score (nSPS) is 12.9. The fourth-order valence-electron chi connectivity index (χ4n) is 3.11. The zero-order valence-corrected chi connectivity index (χ0v) is 17.6. The standard InChI is InChI=1S/C23H21F3NO3P/c1-2-30-22(28)21(17-13-15-18(16-14-17)23(24,25)26)27-31(29,19-9-5-3-6-10-19)20-11-7-4-8-12-20/h3-16,21H,2H2,1H3,(H,27,29)/t21-/m1/s1. The fraction of sp³-hybridized carbons (Fsp3) is 0.174. The molecular weight excluding hydrogens is 426 g/mol. The van der Waals surface area contributed by atoms with Gasteiger partial charge in [0.25, 0.3) is 0 Å². The number of ether oxygens (including phenoxy) is 1. The molecule has 8 heteroatoms. The molecule has 0 amide bonds. The van der Waals surface area contributed by atoms with E-state index < -0.39 is 31.0 Å². The molecule has 0 saturated heterocycles. The quantitative estimate of drug-likeness (QED) is 0.417. The third-order valence-corrected chi connectivity index (χ3v) is 7.32. The van der Waals surface area contributed by atoms with Gasteiger partial charge in [0.05, 0.1) is 12.2 Å². The molecule has 1 atom stereocenters. The van der Waals surface area contributed by atoms with Crippen LogP contribution in [0.15, 0.2) is 84.9 Å². The number of carbonyl (C=O) groups excluding carboxylic acids is 1. The van der Waals surface area contributed by atoms with Crippen LogP contribution in [0, 0.1) is 0 Å². The monoisotopic (exact) mass is 447 g/mol. The van der Waals surface area contributed by atoms with E-state index in [2.05, 4.69) is 5.09 Å². The predicted molar refractivity (Wildman–Crippen MR) is 114 cm³/mol. The summed E-state index contributed by atoms with van der Waals surface area (Å²) in [5, 5.41) is 3.84. The van der Waals surface area contributed by atoms with Gasteiger partial charge in [-0.3, -0.25) is 4.57 Å². The number of halogens is 3. The average molecular weight is 447 g/mol. The molecule has 3 rings (SSSR count). The van der Waals surface area contributed by atoms with Gasteiger partial charge in [-0.2, -0.15) is 13.2 Å². The number of esters is 1. The summed E-state index contributed by atoms with van der Waals surface area (Å²) in [6.07, 6.45) is -4.51. The lowest BCUT2D eigenvalue weighted by molar-refractivity contribution is -0.145. The van der Waals surface area contributed by atoms with Crippen molar-refractivity contribution in [2.45, 2.75) is 19.1 Å². The van der Waals surface area contributed by atoms with E-state index in [1.54, 1.807) is 67.6 Å². The summed E-state index contributed by atoms with van der Waals surface area (Å²) in [5.74, 6) is -0.727. The zero-order chi connectivity index (χ0) is 22.5. The number of rotatable bonds is 7. The highest BCUT2D eigenvalue weighted by molar-refractivity contribution is 7.77. The Morgan fingerprint density at radius 2 is 1.39 bits per heavy atom. The number of benzene rings is 3. The van der Waals surface area contributed by atoms with Gasteiger partial charge in [-0.15, -0.1) is 0 Å². The first-order valence-corrected chi connectivity index (χ1v) is 11.3. The van der Waals surface area contributed by atoms with Gasteiger partial charge in [-0.1, -0.05) is 48.5 Å². The van der Waals surface area contributed by atoms with E-state index in [9.17, 15) is 22.5 Å². The van der Waals surface area contributed by atoms with Crippen molar-refractivity contribution in [3.8, 4) is 0 Å². The van der Waals surface area contributed by atoms with Crippen molar-refractivity contribution in [1.29, 1.82) is 0 Å². The summed E-state index contributed by atoms with van der Waals surface area (Å²) in [5.41, 5.74) is -0.619. The first-order valence-electron chi connectivity index (χ1n) is 9.58. The summed E-state index contributed by atoms with van der Waals surface area (Å²) in [6.45, 7) is 1.69. The van der Waals surface area contributed by atoms with Crippen LogP contribution in [-0.4, -0.2) is 12.6 Å². The number of alkyl halides is 3. The van der Waals surface area contributed by atoms with Crippen molar-refractivity contribution >= 4 is 23.9 Å². The van der Waals surface area contributed by atoms with E-state index in [0.717, 1.165) is 12.1 Å². The fourth-order valence-corrected chi connectivity index (χ4v) is 5.51. The summed E-state index contributed by atoms with van der Waals surface area (Å²) in [7, 11) is -3.54. The molecule has 0 aromatic heterocycles. The molecule has 0 unspecified atom stereocenters. The third kappa shape index (κ3) is 5.24. The van der Waals surface area contributed by atoms with Gasteiger partial charge < -0.3 is 4.74 Å². The highest BCUT2D eigenvalue weighted by Crippen LogP contribution is 2.42. The van der Waals surface area contributed by atoms with Crippen LogP contribution >= 0.6 is 7.29 Å². The molecule has 0 bridgehead atoms. The molecule has 0 fully saturated rings. The van der Waals surface area contributed by atoms with Crippen molar-refractivity contribution < 1.29 is 27.3 Å². The Balaban J connectivity index is 2.08. The first-order chi connectivity index (χ1) is 14.8. The smallest absolute Gasteiger partial charge is 0.416 e. The zero-order valence-electron chi connectivity index (χ0n) is 16.7. The molecule has 0 spiro atoms. The van der Waals surface area contributed by atoms with Gasteiger partial charge in [0.15, 0.2) is 0 Å². The van der Waals surface area contributed by atoms with Crippen molar-refractivity contribution in [3.63, 3.8) is 0 Å². The van der Waals surface area contributed by atoms with Crippen LogP contribution in [0.5, 0.6) is 0 Å². The lowest BCUT2D eigenvalue weighted by atomic mass is 10.1. The lowest BCUT2D eigenvalue weighted by Crippen LogP contribution is -2.35. The number of carbonyl (C=O) groups is 1. The van der Waals surface area contributed by atoms with Gasteiger partial charge in [0.1, 0.15) is 6.04 Å². The maximum atomic E-state index is 14.2. The summed E-state index contributed by atoms with van der Waals surface area (Å²) < 4.78 is 58.3. The second kappa shape index (κ2) is 9.50. The van der Waals surface area contributed by atoms with E-state index >= 15 is 0 Å². The molecule has 3 aromatic carbocycles. The van der Waals surface area contributed by atoms with E-state index in [1.165, 1.54) is 12.1 Å². The minimum absolute atomic E-state index is 0.0681. The number of hydrogen-bond donors (Lipinski definition) is 1. The molecule has 4 nitrogen and oxygen atoms in total. The Hall–Kier alpha value is -2.89. The van der Waals surface area contributed by atoms with Crippen LogP contribution in [0.3, 0.4) is 0 Å². The van der Waals surface area contributed by atoms with Crippen LogP contribution in [0.4, 0.5) is 13.2 Å². The minimum Gasteiger partial charge on any atom is -0.465 e. The molecular formula is C23H21F3NO3P. The van der Waals surface area contributed by atoms with Gasteiger partial charge in [-0.25, -0.2) is 9.88 Å². The largest absolute Gasteiger partial charge is 0.465 e. The molecule has 3 aromatic rings. The van der Waals surface area contributed by atoms with Crippen LogP contribution in [0.1, 0.15) is 24.1 Å². The van der Waals surface area contributed by atoms with Gasteiger partial charge in [-0.05, 0) is 48.9 Å². The molecule has 0 aliphatic carbocycles. The second-order valence-corrected chi connectivity index (χ2v) is 9.22. The van der Waals surface area contributed by atoms with Gasteiger partial charge >= 0.3 is 12.1 Å².